The fourth-order valence-corrected chi connectivity index (χ4v) is 4.03. The number of benzene rings is 2. The normalized spacial score (nSPS) is 12.8. The number of nitrogens with one attached hydrogen (secondary N) is 1. The Morgan fingerprint density at radius 1 is 1.00 bits per heavy atom. The van der Waals surface area contributed by atoms with Crippen LogP contribution >= 0.6 is 35.0 Å². The van der Waals surface area contributed by atoms with Crippen LogP contribution < -0.4 is 5.32 Å². The van der Waals surface area contributed by atoms with Gasteiger partial charge in [0.2, 0.25) is 11.8 Å². The number of hydrogen-bond donors (Lipinski definition) is 1. The van der Waals surface area contributed by atoms with Crippen molar-refractivity contribution in [2.24, 2.45) is 0 Å². The summed E-state index contributed by atoms with van der Waals surface area (Å²) in [5.74, 6) is 0.654. The van der Waals surface area contributed by atoms with E-state index in [9.17, 15) is 9.59 Å². The predicted molar refractivity (Wildman–Crippen MR) is 131 cm³/mol. The van der Waals surface area contributed by atoms with Crippen molar-refractivity contribution in [2.45, 2.75) is 63.6 Å². The zero-order valence-electron chi connectivity index (χ0n) is 18.2. The van der Waals surface area contributed by atoms with Crippen molar-refractivity contribution in [1.29, 1.82) is 0 Å². The second-order valence-corrected chi connectivity index (χ2v) is 9.59. The molecule has 0 heterocycles. The van der Waals surface area contributed by atoms with Gasteiger partial charge in [-0.25, -0.2) is 0 Å². The number of amides is 2. The van der Waals surface area contributed by atoms with Gasteiger partial charge in [-0.2, -0.15) is 0 Å². The molecule has 0 bridgehead atoms. The Morgan fingerprint density at radius 3 is 2.16 bits per heavy atom. The van der Waals surface area contributed by atoms with E-state index in [1.807, 2.05) is 50.2 Å². The molecule has 7 heteroatoms. The van der Waals surface area contributed by atoms with Crippen LogP contribution in [0.1, 0.15) is 45.6 Å². The molecule has 0 aromatic heterocycles. The van der Waals surface area contributed by atoms with Crippen LogP contribution in [0.25, 0.3) is 0 Å². The van der Waals surface area contributed by atoms with Crippen molar-refractivity contribution in [3.05, 3.63) is 64.1 Å². The SMILES string of the molecule is CC[C@@H](C)NC(=O)[C@@H](C)N(Cc1ccc(Cl)cc1)C(=O)CCCSc1ccc(Cl)cc1. The van der Waals surface area contributed by atoms with Crippen molar-refractivity contribution < 1.29 is 9.59 Å². The molecule has 0 aliphatic rings. The van der Waals surface area contributed by atoms with Gasteiger partial charge in [0.25, 0.3) is 0 Å². The van der Waals surface area contributed by atoms with E-state index in [-0.39, 0.29) is 17.9 Å². The Bertz CT molecular complexity index is 844. The van der Waals surface area contributed by atoms with Crippen LogP contribution in [0.3, 0.4) is 0 Å². The molecule has 1 N–H and O–H groups in total. The maximum absolute atomic E-state index is 13.1. The third-order valence-electron chi connectivity index (χ3n) is 5.05. The van der Waals surface area contributed by atoms with E-state index in [0.29, 0.717) is 23.0 Å². The highest BCUT2D eigenvalue weighted by atomic mass is 35.5. The fourth-order valence-electron chi connectivity index (χ4n) is 2.92. The molecule has 2 atom stereocenters. The lowest BCUT2D eigenvalue weighted by Gasteiger charge is -2.29. The Labute approximate surface area is 199 Å². The average molecular weight is 481 g/mol. The van der Waals surface area contributed by atoms with Crippen LogP contribution in [-0.2, 0) is 16.1 Å². The number of thioether (sulfide) groups is 1. The molecule has 2 aromatic carbocycles. The van der Waals surface area contributed by atoms with E-state index < -0.39 is 6.04 Å². The minimum absolute atomic E-state index is 0.0292. The summed E-state index contributed by atoms with van der Waals surface area (Å²) in [4.78, 5) is 28.6. The first-order valence-corrected chi connectivity index (χ1v) is 12.3. The number of nitrogens with zero attached hydrogens (tertiary/aromatic N) is 1. The molecule has 31 heavy (non-hydrogen) atoms. The summed E-state index contributed by atoms with van der Waals surface area (Å²) < 4.78 is 0. The van der Waals surface area contributed by atoms with Crippen LogP contribution in [0.2, 0.25) is 10.0 Å². The summed E-state index contributed by atoms with van der Waals surface area (Å²) in [6.45, 7) is 6.14. The second kappa shape index (κ2) is 13.0. The minimum Gasteiger partial charge on any atom is -0.352 e. The first-order valence-electron chi connectivity index (χ1n) is 10.5. The smallest absolute Gasteiger partial charge is 0.242 e. The molecular weight excluding hydrogens is 451 g/mol. The maximum Gasteiger partial charge on any atom is 0.242 e. The molecule has 4 nitrogen and oxygen atoms in total. The summed E-state index contributed by atoms with van der Waals surface area (Å²) in [5, 5.41) is 4.34. The van der Waals surface area contributed by atoms with Crippen LogP contribution in [0.4, 0.5) is 0 Å². The molecule has 0 spiro atoms. The molecule has 0 radical (unpaired) electrons. The van der Waals surface area contributed by atoms with E-state index in [1.165, 1.54) is 0 Å². The van der Waals surface area contributed by atoms with Crippen LogP contribution in [0.15, 0.2) is 53.4 Å². The van der Waals surface area contributed by atoms with Crippen molar-refractivity contribution >= 4 is 46.8 Å². The lowest BCUT2D eigenvalue weighted by Crippen LogP contribution is -2.49. The lowest BCUT2D eigenvalue weighted by atomic mass is 10.1. The van der Waals surface area contributed by atoms with Crippen molar-refractivity contribution in [1.82, 2.24) is 10.2 Å². The van der Waals surface area contributed by atoms with Gasteiger partial charge < -0.3 is 10.2 Å². The number of carbonyl (C=O) groups is 2. The Balaban J connectivity index is 1.99. The number of carbonyl (C=O) groups excluding carboxylic acids is 2. The van der Waals surface area contributed by atoms with E-state index in [4.69, 9.17) is 23.2 Å². The second-order valence-electron chi connectivity index (χ2n) is 7.55. The van der Waals surface area contributed by atoms with Gasteiger partial charge in [0, 0.05) is 33.9 Å². The van der Waals surface area contributed by atoms with E-state index in [1.54, 1.807) is 35.7 Å². The molecule has 0 fully saturated rings. The minimum atomic E-state index is -0.555. The summed E-state index contributed by atoms with van der Waals surface area (Å²) >= 11 is 13.6. The first-order chi connectivity index (χ1) is 14.8. The number of hydrogen-bond acceptors (Lipinski definition) is 3. The highest BCUT2D eigenvalue weighted by Crippen LogP contribution is 2.22. The van der Waals surface area contributed by atoms with Gasteiger partial charge in [-0.15, -0.1) is 11.8 Å². The van der Waals surface area contributed by atoms with Gasteiger partial charge in [-0.05, 0) is 74.4 Å². The van der Waals surface area contributed by atoms with Gasteiger partial charge in [0.15, 0.2) is 0 Å². The molecule has 168 valence electrons. The monoisotopic (exact) mass is 480 g/mol. The van der Waals surface area contributed by atoms with Crippen LogP contribution in [0.5, 0.6) is 0 Å². The average Bonchev–Trinajstić information content (AvgIpc) is 2.76. The van der Waals surface area contributed by atoms with E-state index in [0.717, 1.165) is 29.1 Å². The van der Waals surface area contributed by atoms with Crippen molar-refractivity contribution in [3.8, 4) is 0 Å². The molecule has 2 amide bonds. The number of halogens is 2. The quantitative estimate of drug-likeness (QED) is 0.307. The summed E-state index contributed by atoms with van der Waals surface area (Å²) in [7, 11) is 0. The molecule has 0 unspecified atom stereocenters. The van der Waals surface area contributed by atoms with E-state index in [2.05, 4.69) is 5.32 Å². The molecule has 0 saturated heterocycles. The summed E-state index contributed by atoms with van der Waals surface area (Å²) in [5.41, 5.74) is 0.941. The molecule has 0 aliphatic heterocycles. The Hall–Kier alpha value is -1.69. The van der Waals surface area contributed by atoms with Gasteiger partial charge in [0.1, 0.15) is 6.04 Å². The Morgan fingerprint density at radius 2 is 1.58 bits per heavy atom. The zero-order chi connectivity index (χ0) is 22.8. The van der Waals surface area contributed by atoms with Gasteiger partial charge in [-0.1, -0.05) is 42.3 Å². The fraction of sp³-hybridized carbons (Fsp3) is 0.417. The highest BCUT2D eigenvalue weighted by molar-refractivity contribution is 7.99. The van der Waals surface area contributed by atoms with Gasteiger partial charge in [0.05, 0.1) is 0 Å². The van der Waals surface area contributed by atoms with Crippen molar-refractivity contribution in [3.63, 3.8) is 0 Å². The molecule has 0 aliphatic carbocycles. The standard InChI is InChI=1S/C24H30Cl2N2O2S/c1-4-17(2)27-24(30)18(3)28(16-19-7-9-20(25)10-8-19)23(29)6-5-15-31-22-13-11-21(26)12-14-22/h7-14,17-18H,4-6,15-16H2,1-3H3,(H,27,30)/t17-,18-/m1/s1. The van der Waals surface area contributed by atoms with Gasteiger partial charge >= 0.3 is 0 Å². The Kier molecular flexibility index (Phi) is 10.7. The first kappa shape index (κ1) is 25.6. The third kappa shape index (κ3) is 8.76. The topological polar surface area (TPSA) is 49.4 Å². The zero-order valence-corrected chi connectivity index (χ0v) is 20.6. The van der Waals surface area contributed by atoms with Crippen LogP contribution in [-0.4, -0.2) is 34.6 Å². The van der Waals surface area contributed by atoms with Crippen LogP contribution in [0, 0.1) is 0 Å². The summed E-state index contributed by atoms with van der Waals surface area (Å²) in [6.07, 6.45) is 1.95. The highest BCUT2D eigenvalue weighted by Gasteiger charge is 2.26. The molecule has 2 rings (SSSR count). The molecular formula is C24H30Cl2N2O2S. The van der Waals surface area contributed by atoms with E-state index >= 15 is 0 Å². The third-order valence-corrected chi connectivity index (χ3v) is 6.65. The molecule has 0 saturated carbocycles. The van der Waals surface area contributed by atoms with Gasteiger partial charge in [-0.3, -0.25) is 9.59 Å². The van der Waals surface area contributed by atoms with Crippen molar-refractivity contribution in [2.75, 3.05) is 5.75 Å². The molecule has 2 aromatic rings. The predicted octanol–water partition coefficient (Wildman–Crippen LogP) is 6.20. The largest absolute Gasteiger partial charge is 0.352 e. The number of rotatable bonds is 11. The maximum atomic E-state index is 13.1. The summed E-state index contributed by atoms with van der Waals surface area (Å²) in [6, 6.07) is 14.6. The lowest BCUT2D eigenvalue weighted by molar-refractivity contribution is -0.140.